The summed E-state index contributed by atoms with van der Waals surface area (Å²) in [6.07, 6.45) is 1.45. The second-order valence-electron chi connectivity index (χ2n) is 5.14. The fraction of sp³-hybridized carbons (Fsp3) is 0.111. The van der Waals surface area contributed by atoms with Gasteiger partial charge >= 0.3 is 12.0 Å². The Hall–Kier alpha value is -3.46. The molecule has 2 aromatic rings. The van der Waals surface area contributed by atoms with Crippen molar-refractivity contribution < 1.29 is 23.9 Å². The van der Waals surface area contributed by atoms with Crippen LogP contribution in [0.3, 0.4) is 0 Å². The summed E-state index contributed by atoms with van der Waals surface area (Å²) in [5.41, 5.74) is 0.569. The van der Waals surface area contributed by atoms with Gasteiger partial charge < -0.3 is 15.4 Å². The van der Waals surface area contributed by atoms with Crippen molar-refractivity contribution in [1.29, 1.82) is 0 Å². The molecule has 0 atom stereocenters. The summed E-state index contributed by atoms with van der Waals surface area (Å²) in [5, 5.41) is 8.81. The van der Waals surface area contributed by atoms with Gasteiger partial charge in [0.25, 0.3) is 11.8 Å². The first-order valence-corrected chi connectivity index (χ1v) is 8.68. The molecule has 0 aliphatic carbocycles. The molecule has 0 fully saturated rings. The van der Waals surface area contributed by atoms with Crippen molar-refractivity contribution in [2.45, 2.75) is 0 Å². The van der Waals surface area contributed by atoms with Crippen LogP contribution in [0.1, 0.15) is 20.0 Å². The molecule has 0 bridgehead atoms. The van der Waals surface area contributed by atoms with Crippen LogP contribution in [0.25, 0.3) is 0 Å². The standard InChI is InChI=1S/C18H17N3O5S/c1-2-8-19-18(25)21-15(22)11-26-17(24)12-5-3-6-13(10-12)20-16(23)14-7-4-9-27-14/h2-7,9-10H,1,8,11H2,(H,20,23)(H2,19,21,22,25). The number of rotatable bonds is 7. The molecule has 0 unspecified atom stereocenters. The summed E-state index contributed by atoms with van der Waals surface area (Å²) in [5.74, 6) is -1.82. The maximum atomic E-state index is 12.0. The second-order valence-corrected chi connectivity index (χ2v) is 6.08. The summed E-state index contributed by atoms with van der Waals surface area (Å²) < 4.78 is 4.87. The van der Waals surface area contributed by atoms with Crippen LogP contribution in [-0.2, 0) is 9.53 Å². The average molecular weight is 387 g/mol. The van der Waals surface area contributed by atoms with Gasteiger partial charge in [0, 0.05) is 12.2 Å². The van der Waals surface area contributed by atoms with Crippen molar-refractivity contribution in [2.75, 3.05) is 18.5 Å². The van der Waals surface area contributed by atoms with E-state index in [4.69, 9.17) is 4.74 Å². The van der Waals surface area contributed by atoms with E-state index in [9.17, 15) is 19.2 Å². The SMILES string of the molecule is C=CCNC(=O)NC(=O)COC(=O)c1cccc(NC(=O)c2cccs2)c1. The minimum Gasteiger partial charge on any atom is -0.452 e. The molecule has 1 heterocycles. The summed E-state index contributed by atoms with van der Waals surface area (Å²) in [6.45, 7) is 3.00. The Labute approximate surface area is 159 Å². The molecule has 3 N–H and O–H groups in total. The lowest BCUT2D eigenvalue weighted by Crippen LogP contribution is -2.41. The fourth-order valence-electron chi connectivity index (χ4n) is 1.91. The molecule has 0 aliphatic rings. The Morgan fingerprint density at radius 1 is 1.15 bits per heavy atom. The summed E-state index contributed by atoms with van der Waals surface area (Å²) in [4.78, 5) is 47.5. The van der Waals surface area contributed by atoms with E-state index in [1.165, 1.54) is 29.5 Å². The van der Waals surface area contributed by atoms with E-state index in [1.54, 1.807) is 29.6 Å². The highest BCUT2D eigenvalue weighted by atomic mass is 32.1. The molecule has 0 spiro atoms. The molecular formula is C18H17N3O5S. The Morgan fingerprint density at radius 3 is 2.67 bits per heavy atom. The van der Waals surface area contributed by atoms with Crippen LogP contribution in [0.5, 0.6) is 0 Å². The van der Waals surface area contributed by atoms with Crippen LogP contribution in [0.4, 0.5) is 10.5 Å². The normalized spacial score (nSPS) is 9.78. The van der Waals surface area contributed by atoms with Gasteiger partial charge in [-0.15, -0.1) is 17.9 Å². The Balaban J connectivity index is 1.87. The molecule has 8 nitrogen and oxygen atoms in total. The van der Waals surface area contributed by atoms with Crippen LogP contribution >= 0.6 is 11.3 Å². The number of hydrogen-bond donors (Lipinski definition) is 3. The largest absolute Gasteiger partial charge is 0.452 e. The number of anilines is 1. The molecule has 4 amide bonds. The van der Waals surface area contributed by atoms with E-state index in [0.29, 0.717) is 10.6 Å². The first kappa shape index (κ1) is 19.9. The second kappa shape index (κ2) is 9.88. The predicted molar refractivity (Wildman–Crippen MR) is 101 cm³/mol. The monoisotopic (exact) mass is 387 g/mol. The topological polar surface area (TPSA) is 114 Å². The Bertz CT molecular complexity index is 848. The molecule has 0 saturated heterocycles. The zero-order chi connectivity index (χ0) is 19.6. The zero-order valence-electron chi connectivity index (χ0n) is 14.2. The Kier molecular flexibility index (Phi) is 7.26. The van der Waals surface area contributed by atoms with E-state index in [0.717, 1.165) is 0 Å². The predicted octanol–water partition coefficient (Wildman–Crippen LogP) is 2.17. The number of imide groups is 1. The van der Waals surface area contributed by atoms with E-state index < -0.39 is 24.5 Å². The number of carbonyl (C=O) groups excluding carboxylic acids is 4. The third-order valence-corrected chi connectivity index (χ3v) is 3.96. The van der Waals surface area contributed by atoms with Crippen LogP contribution in [0.2, 0.25) is 0 Å². The number of benzene rings is 1. The molecule has 0 aliphatic heterocycles. The quantitative estimate of drug-likeness (QED) is 0.498. The number of thiophene rings is 1. The molecule has 9 heteroatoms. The van der Waals surface area contributed by atoms with E-state index >= 15 is 0 Å². The zero-order valence-corrected chi connectivity index (χ0v) is 15.0. The number of amides is 4. The van der Waals surface area contributed by atoms with Crippen molar-refractivity contribution in [1.82, 2.24) is 10.6 Å². The molecule has 27 heavy (non-hydrogen) atoms. The number of esters is 1. The third-order valence-electron chi connectivity index (χ3n) is 3.10. The summed E-state index contributed by atoms with van der Waals surface area (Å²) >= 11 is 1.30. The molecule has 140 valence electrons. The number of carbonyl (C=O) groups is 4. The van der Waals surface area contributed by atoms with Gasteiger partial charge in [0.05, 0.1) is 10.4 Å². The lowest BCUT2D eigenvalue weighted by Gasteiger charge is -2.08. The van der Waals surface area contributed by atoms with E-state index in [-0.39, 0.29) is 18.0 Å². The average Bonchev–Trinajstić information content (AvgIpc) is 3.19. The van der Waals surface area contributed by atoms with Crippen LogP contribution in [0, 0.1) is 0 Å². The smallest absolute Gasteiger partial charge is 0.338 e. The van der Waals surface area contributed by atoms with Crippen LogP contribution < -0.4 is 16.0 Å². The highest BCUT2D eigenvalue weighted by Gasteiger charge is 2.13. The molecule has 1 aromatic heterocycles. The maximum absolute atomic E-state index is 12.0. The van der Waals surface area contributed by atoms with Gasteiger partial charge in [-0.05, 0) is 29.6 Å². The molecule has 0 saturated carbocycles. The van der Waals surface area contributed by atoms with Crippen molar-refractivity contribution >= 4 is 40.8 Å². The first-order valence-electron chi connectivity index (χ1n) is 7.80. The van der Waals surface area contributed by atoms with Gasteiger partial charge in [-0.25, -0.2) is 9.59 Å². The number of urea groups is 1. The molecule has 1 aromatic carbocycles. The van der Waals surface area contributed by atoms with Crippen molar-refractivity contribution in [2.24, 2.45) is 0 Å². The summed E-state index contributed by atoms with van der Waals surface area (Å²) in [6, 6.07) is 8.84. The van der Waals surface area contributed by atoms with Crippen LogP contribution in [-0.4, -0.2) is 37.0 Å². The lowest BCUT2D eigenvalue weighted by molar-refractivity contribution is -0.123. The van der Waals surface area contributed by atoms with Crippen molar-refractivity contribution in [3.63, 3.8) is 0 Å². The number of nitrogens with one attached hydrogen (secondary N) is 3. The van der Waals surface area contributed by atoms with Gasteiger partial charge in [0.1, 0.15) is 0 Å². The van der Waals surface area contributed by atoms with Crippen molar-refractivity contribution in [3.8, 4) is 0 Å². The minimum absolute atomic E-state index is 0.155. The van der Waals surface area contributed by atoms with E-state index in [2.05, 4.69) is 17.2 Å². The fourth-order valence-corrected chi connectivity index (χ4v) is 2.53. The Morgan fingerprint density at radius 2 is 1.96 bits per heavy atom. The van der Waals surface area contributed by atoms with E-state index in [1.807, 2.05) is 5.32 Å². The highest BCUT2D eigenvalue weighted by molar-refractivity contribution is 7.12. The minimum atomic E-state index is -0.771. The third kappa shape index (κ3) is 6.40. The van der Waals surface area contributed by atoms with Crippen LogP contribution in [0.15, 0.2) is 54.4 Å². The maximum Gasteiger partial charge on any atom is 0.338 e. The lowest BCUT2D eigenvalue weighted by atomic mass is 10.2. The van der Waals surface area contributed by atoms with Gasteiger partial charge in [0.2, 0.25) is 0 Å². The number of hydrogen-bond acceptors (Lipinski definition) is 6. The molecular weight excluding hydrogens is 370 g/mol. The molecule has 0 radical (unpaired) electrons. The molecule has 2 rings (SSSR count). The number of ether oxygens (including phenoxy) is 1. The van der Waals surface area contributed by atoms with Gasteiger partial charge in [-0.3, -0.25) is 14.9 Å². The summed E-state index contributed by atoms with van der Waals surface area (Å²) in [7, 11) is 0. The first-order chi connectivity index (χ1) is 13.0. The van der Waals surface area contributed by atoms with Gasteiger partial charge in [-0.2, -0.15) is 0 Å². The highest BCUT2D eigenvalue weighted by Crippen LogP contribution is 2.15. The van der Waals surface area contributed by atoms with Gasteiger partial charge in [0.15, 0.2) is 6.61 Å². The van der Waals surface area contributed by atoms with Crippen molar-refractivity contribution in [3.05, 3.63) is 64.9 Å². The van der Waals surface area contributed by atoms with Gasteiger partial charge in [-0.1, -0.05) is 18.2 Å².